The van der Waals surface area contributed by atoms with Crippen molar-refractivity contribution in [2.45, 2.75) is 37.8 Å². The molecule has 0 radical (unpaired) electrons. The average molecular weight is 290 g/mol. The van der Waals surface area contributed by atoms with Gasteiger partial charge < -0.3 is 19.7 Å². The molecule has 2 heterocycles. The van der Waals surface area contributed by atoms with Crippen LogP contribution in [0.15, 0.2) is 18.2 Å². The summed E-state index contributed by atoms with van der Waals surface area (Å²) in [6.45, 7) is 4.80. The zero-order chi connectivity index (χ0) is 14.9. The first-order valence-corrected chi connectivity index (χ1v) is 7.97. The maximum Gasteiger partial charge on any atom is 0.128 e. The van der Waals surface area contributed by atoms with Crippen LogP contribution >= 0.6 is 0 Å². The molecule has 0 aliphatic carbocycles. The van der Waals surface area contributed by atoms with Crippen LogP contribution in [0, 0.1) is 0 Å². The summed E-state index contributed by atoms with van der Waals surface area (Å²) in [7, 11) is 4.30. The van der Waals surface area contributed by atoms with Crippen LogP contribution in [0.3, 0.4) is 0 Å². The summed E-state index contributed by atoms with van der Waals surface area (Å²) in [5, 5.41) is 3.44. The second kappa shape index (κ2) is 5.85. The first kappa shape index (κ1) is 14.7. The Labute approximate surface area is 127 Å². The van der Waals surface area contributed by atoms with Crippen molar-refractivity contribution >= 4 is 0 Å². The molecule has 0 amide bonds. The van der Waals surface area contributed by atoms with Gasteiger partial charge in [0.25, 0.3) is 0 Å². The molecular formula is C17H26N2O2. The molecule has 116 valence electrons. The molecule has 1 atom stereocenters. The molecule has 1 saturated heterocycles. The van der Waals surface area contributed by atoms with Crippen LogP contribution in [0.2, 0.25) is 0 Å². The largest absolute Gasteiger partial charge is 0.493 e. The van der Waals surface area contributed by atoms with E-state index in [1.54, 1.807) is 0 Å². The summed E-state index contributed by atoms with van der Waals surface area (Å²) >= 11 is 0. The monoisotopic (exact) mass is 290 g/mol. The molecule has 1 aromatic carbocycles. The smallest absolute Gasteiger partial charge is 0.128 e. The molecular weight excluding hydrogens is 264 g/mol. The van der Waals surface area contributed by atoms with Crippen molar-refractivity contribution in [3.05, 3.63) is 23.8 Å². The SMILES string of the molecule is CCOc1cccc2c1C(N(C)C)CC1(CCNCC1)O2. The van der Waals surface area contributed by atoms with Crippen LogP contribution in [0.25, 0.3) is 0 Å². The highest BCUT2D eigenvalue weighted by molar-refractivity contribution is 5.49. The van der Waals surface area contributed by atoms with E-state index in [-0.39, 0.29) is 5.60 Å². The molecule has 1 fully saturated rings. The molecule has 1 spiro atoms. The van der Waals surface area contributed by atoms with Crippen LogP contribution in [0.1, 0.15) is 37.8 Å². The molecule has 1 aromatic rings. The van der Waals surface area contributed by atoms with Gasteiger partial charge in [-0.1, -0.05) is 6.07 Å². The molecule has 3 rings (SSSR count). The number of fused-ring (bicyclic) bond motifs is 1. The topological polar surface area (TPSA) is 33.7 Å². The molecule has 0 saturated carbocycles. The van der Waals surface area contributed by atoms with Crippen LogP contribution in [0.4, 0.5) is 0 Å². The fraction of sp³-hybridized carbons (Fsp3) is 0.647. The van der Waals surface area contributed by atoms with Gasteiger partial charge >= 0.3 is 0 Å². The highest BCUT2D eigenvalue weighted by Gasteiger charge is 2.43. The van der Waals surface area contributed by atoms with Crippen molar-refractivity contribution < 1.29 is 9.47 Å². The third-order valence-electron chi connectivity index (χ3n) is 4.69. The van der Waals surface area contributed by atoms with Gasteiger partial charge in [0.15, 0.2) is 0 Å². The lowest BCUT2D eigenvalue weighted by Gasteiger charge is -2.46. The van der Waals surface area contributed by atoms with E-state index >= 15 is 0 Å². The Morgan fingerprint density at radius 2 is 2.10 bits per heavy atom. The highest BCUT2D eigenvalue weighted by atomic mass is 16.5. The Morgan fingerprint density at radius 1 is 1.33 bits per heavy atom. The standard InChI is InChI=1S/C17H26N2O2/c1-4-20-14-6-5-7-15-16(14)13(19(2)3)12-17(21-15)8-10-18-11-9-17/h5-7,13,18H,4,8-12H2,1-3H3. The number of hydrogen-bond acceptors (Lipinski definition) is 4. The van der Waals surface area contributed by atoms with E-state index in [0.29, 0.717) is 12.6 Å². The zero-order valence-corrected chi connectivity index (χ0v) is 13.3. The van der Waals surface area contributed by atoms with E-state index in [0.717, 1.165) is 43.9 Å². The second-order valence-electron chi connectivity index (χ2n) is 6.32. The minimum Gasteiger partial charge on any atom is -0.493 e. The summed E-state index contributed by atoms with van der Waals surface area (Å²) in [6, 6.07) is 6.55. The van der Waals surface area contributed by atoms with Crippen molar-refractivity contribution in [1.29, 1.82) is 0 Å². The third-order valence-corrected chi connectivity index (χ3v) is 4.69. The van der Waals surface area contributed by atoms with Crippen LogP contribution in [-0.2, 0) is 0 Å². The number of ether oxygens (including phenoxy) is 2. The van der Waals surface area contributed by atoms with Crippen molar-refractivity contribution in [2.24, 2.45) is 0 Å². The van der Waals surface area contributed by atoms with Crippen molar-refractivity contribution in [1.82, 2.24) is 10.2 Å². The second-order valence-corrected chi connectivity index (χ2v) is 6.32. The molecule has 2 aliphatic heterocycles. The van der Waals surface area contributed by atoms with Gasteiger partial charge in [0.05, 0.1) is 12.2 Å². The third kappa shape index (κ3) is 2.74. The first-order valence-electron chi connectivity index (χ1n) is 7.97. The van der Waals surface area contributed by atoms with E-state index in [9.17, 15) is 0 Å². The molecule has 4 nitrogen and oxygen atoms in total. The zero-order valence-electron chi connectivity index (χ0n) is 13.3. The Kier molecular flexibility index (Phi) is 4.09. The van der Waals surface area contributed by atoms with Gasteiger partial charge in [-0.05, 0) is 59.1 Å². The van der Waals surface area contributed by atoms with Gasteiger partial charge in [0, 0.05) is 12.5 Å². The van der Waals surface area contributed by atoms with Gasteiger partial charge in [-0.15, -0.1) is 0 Å². The predicted octanol–water partition coefficient (Wildman–Crippen LogP) is 2.59. The Bertz CT molecular complexity index is 496. The summed E-state index contributed by atoms with van der Waals surface area (Å²) in [5.74, 6) is 1.98. The summed E-state index contributed by atoms with van der Waals surface area (Å²) in [6.07, 6.45) is 3.20. The van der Waals surface area contributed by atoms with Crippen LogP contribution < -0.4 is 14.8 Å². The van der Waals surface area contributed by atoms with Gasteiger partial charge in [-0.3, -0.25) is 0 Å². The van der Waals surface area contributed by atoms with Crippen molar-refractivity contribution in [3.63, 3.8) is 0 Å². The summed E-state index contributed by atoms with van der Waals surface area (Å²) in [5.41, 5.74) is 1.20. The number of nitrogens with zero attached hydrogens (tertiary/aromatic N) is 1. The number of piperidine rings is 1. The lowest BCUT2D eigenvalue weighted by Crippen LogP contribution is -2.50. The molecule has 2 aliphatic rings. The molecule has 0 bridgehead atoms. The quantitative estimate of drug-likeness (QED) is 0.928. The molecule has 21 heavy (non-hydrogen) atoms. The Balaban J connectivity index is 2.00. The fourth-order valence-corrected chi connectivity index (χ4v) is 3.58. The van der Waals surface area contributed by atoms with Gasteiger partial charge in [-0.25, -0.2) is 0 Å². The maximum absolute atomic E-state index is 6.48. The summed E-state index contributed by atoms with van der Waals surface area (Å²) in [4.78, 5) is 2.30. The van der Waals surface area contributed by atoms with E-state index in [1.807, 2.05) is 13.0 Å². The Morgan fingerprint density at radius 3 is 2.76 bits per heavy atom. The van der Waals surface area contributed by atoms with Gasteiger partial charge in [0.1, 0.15) is 17.1 Å². The molecule has 1 unspecified atom stereocenters. The number of rotatable bonds is 3. The molecule has 0 aromatic heterocycles. The minimum absolute atomic E-state index is 0.0158. The maximum atomic E-state index is 6.48. The lowest BCUT2D eigenvalue weighted by molar-refractivity contribution is -0.0128. The van der Waals surface area contributed by atoms with E-state index in [1.165, 1.54) is 5.56 Å². The predicted molar refractivity (Wildman–Crippen MR) is 84.1 cm³/mol. The Hall–Kier alpha value is -1.26. The first-order chi connectivity index (χ1) is 10.2. The molecule has 1 N–H and O–H groups in total. The van der Waals surface area contributed by atoms with E-state index < -0.39 is 0 Å². The number of nitrogens with one attached hydrogen (secondary N) is 1. The summed E-state index contributed by atoms with van der Waals surface area (Å²) < 4.78 is 12.3. The normalized spacial score (nSPS) is 23.7. The number of benzene rings is 1. The fourth-order valence-electron chi connectivity index (χ4n) is 3.58. The highest BCUT2D eigenvalue weighted by Crippen LogP contribution is 2.48. The van der Waals surface area contributed by atoms with Crippen molar-refractivity contribution in [2.75, 3.05) is 33.8 Å². The van der Waals surface area contributed by atoms with Crippen LogP contribution in [0.5, 0.6) is 11.5 Å². The van der Waals surface area contributed by atoms with E-state index in [4.69, 9.17) is 9.47 Å². The van der Waals surface area contributed by atoms with Gasteiger partial charge in [0.2, 0.25) is 0 Å². The van der Waals surface area contributed by atoms with Gasteiger partial charge in [-0.2, -0.15) is 0 Å². The minimum atomic E-state index is -0.0158. The molecule has 4 heteroatoms. The van der Waals surface area contributed by atoms with Crippen LogP contribution in [-0.4, -0.2) is 44.3 Å². The lowest BCUT2D eigenvalue weighted by atomic mass is 9.80. The van der Waals surface area contributed by atoms with Crippen molar-refractivity contribution in [3.8, 4) is 11.5 Å². The van der Waals surface area contributed by atoms with E-state index in [2.05, 4.69) is 36.4 Å². The number of hydrogen-bond donors (Lipinski definition) is 1. The average Bonchev–Trinajstić information content (AvgIpc) is 2.47.